The van der Waals surface area contributed by atoms with Crippen LogP contribution in [0.1, 0.15) is 23.4 Å². The summed E-state index contributed by atoms with van der Waals surface area (Å²) in [4.78, 5) is 14.3. The lowest BCUT2D eigenvalue weighted by Crippen LogP contribution is -2.29. The average Bonchev–Trinajstić information content (AvgIpc) is 3.19. The minimum atomic E-state index is -0.493. The Morgan fingerprint density at radius 1 is 1.40 bits per heavy atom. The van der Waals surface area contributed by atoms with Gasteiger partial charge in [-0.3, -0.25) is 9.89 Å². The molecule has 6 heteroatoms. The van der Waals surface area contributed by atoms with E-state index < -0.39 is 6.10 Å². The molecule has 0 aliphatic carbocycles. The number of aliphatic hydroxyl groups excluding tert-OH is 1. The summed E-state index contributed by atoms with van der Waals surface area (Å²) in [7, 11) is 1.64. The van der Waals surface area contributed by atoms with E-state index in [1.54, 1.807) is 12.0 Å². The molecule has 1 amide bonds. The van der Waals surface area contributed by atoms with E-state index in [0.29, 0.717) is 32.4 Å². The average molecular weight is 343 g/mol. The van der Waals surface area contributed by atoms with Crippen LogP contribution in [0.2, 0.25) is 0 Å². The second-order valence-corrected chi connectivity index (χ2v) is 6.68. The molecule has 134 valence electrons. The fourth-order valence-electron chi connectivity index (χ4n) is 3.42. The normalized spacial score (nSPS) is 20.0. The Bertz CT molecular complexity index is 728. The van der Waals surface area contributed by atoms with Gasteiger partial charge in [-0.2, -0.15) is 5.10 Å². The number of β-amino-alcohol motifs (C(OH)–C–C–N with tert-alkyl or cyclic N) is 1. The molecular weight excluding hydrogens is 318 g/mol. The van der Waals surface area contributed by atoms with E-state index in [9.17, 15) is 9.90 Å². The van der Waals surface area contributed by atoms with Crippen molar-refractivity contribution in [3.8, 4) is 5.75 Å². The topological polar surface area (TPSA) is 78.5 Å². The molecule has 1 aromatic heterocycles. The quantitative estimate of drug-likeness (QED) is 0.837. The maximum Gasteiger partial charge on any atom is 0.223 e. The fourth-order valence-corrected chi connectivity index (χ4v) is 3.42. The van der Waals surface area contributed by atoms with E-state index in [1.165, 1.54) is 0 Å². The predicted molar refractivity (Wildman–Crippen MR) is 94.4 cm³/mol. The van der Waals surface area contributed by atoms with Gasteiger partial charge in [0.15, 0.2) is 0 Å². The summed E-state index contributed by atoms with van der Waals surface area (Å²) in [6, 6.07) is 9.74. The first kappa shape index (κ1) is 17.5. The van der Waals surface area contributed by atoms with E-state index in [1.807, 2.05) is 37.3 Å². The second kappa shape index (κ2) is 7.70. The predicted octanol–water partition coefficient (Wildman–Crippen LogP) is 1.72. The van der Waals surface area contributed by atoms with Crippen LogP contribution in [-0.2, 0) is 17.6 Å². The highest BCUT2D eigenvalue weighted by Gasteiger charge is 2.34. The minimum Gasteiger partial charge on any atom is -0.496 e. The van der Waals surface area contributed by atoms with E-state index in [4.69, 9.17) is 4.74 Å². The van der Waals surface area contributed by atoms with Crippen LogP contribution in [0, 0.1) is 12.8 Å². The van der Waals surface area contributed by atoms with Crippen LogP contribution in [0.25, 0.3) is 0 Å². The molecule has 2 aromatic rings. The zero-order valence-electron chi connectivity index (χ0n) is 14.7. The first-order valence-corrected chi connectivity index (χ1v) is 8.65. The third kappa shape index (κ3) is 4.20. The second-order valence-electron chi connectivity index (χ2n) is 6.68. The number of carbonyl (C=O) groups excluding carboxylic acids is 1. The van der Waals surface area contributed by atoms with Gasteiger partial charge in [0, 0.05) is 31.1 Å². The highest BCUT2D eigenvalue weighted by atomic mass is 16.5. The zero-order chi connectivity index (χ0) is 17.8. The number of aromatic nitrogens is 2. The van der Waals surface area contributed by atoms with Crippen LogP contribution >= 0.6 is 0 Å². The molecule has 6 nitrogen and oxygen atoms in total. The Morgan fingerprint density at radius 3 is 2.92 bits per heavy atom. The largest absolute Gasteiger partial charge is 0.496 e. The summed E-state index contributed by atoms with van der Waals surface area (Å²) in [5.41, 5.74) is 2.97. The number of ether oxygens (including phenoxy) is 1. The Kier molecular flexibility index (Phi) is 5.38. The summed E-state index contributed by atoms with van der Waals surface area (Å²) in [5, 5.41) is 17.4. The number of aryl methyl sites for hydroxylation is 2. The van der Waals surface area contributed by atoms with Gasteiger partial charge in [-0.15, -0.1) is 0 Å². The van der Waals surface area contributed by atoms with E-state index in [2.05, 4.69) is 10.2 Å². The van der Waals surface area contributed by atoms with E-state index >= 15 is 0 Å². The number of aliphatic hydroxyl groups is 1. The Balaban J connectivity index is 1.54. The van der Waals surface area contributed by atoms with Gasteiger partial charge in [0.2, 0.25) is 5.91 Å². The van der Waals surface area contributed by atoms with Crippen LogP contribution in [0.5, 0.6) is 5.75 Å². The molecule has 0 spiro atoms. The molecule has 1 fully saturated rings. The molecule has 0 unspecified atom stereocenters. The van der Waals surface area contributed by atoms with E-state index in [-0.39, 0.29) is 11.8 Å². The number of hydrogen-bond acceptors (Lipinski definition) is 4. The number of methoxy groups -OCH3 is 1. The maximum atomic E-state index is 12.5. The number of hydrogen-bond donors (Lipinski definition) is 2. The molecule has 1 aliphatic rings. The Hall–Kier alpha value is -2.34. The number of benzene rings is 1. The number of H-pyrrole nitrogens is 1. The van der Waals surface area contributed by atoms with Gasteiger partial charge < -0.3 is 14.7 Å². The van der Waals surface area contributed by atoms with Crippen LogP contribution in [0.3, 0.4) is 0 Å². The minimum absolute atomic E-state index is 0.0397. The molecule has 0 saturated carbocycles. The first-order chi connectivity index (χ1) is 12.1. The number of amides is 1. The summed E-state index contributed by atoms with van der Waals surface area (Å²) < 4.78 is 5.33. The summed E-state index contributed by atoms with van der Waals surface area (Å²) >= 11 is 0. The van der Waals surface area contributed by atoms with Gasteiger partial charge in [0.25, 0.3) is 0 Å². The third-order valence-electron chi connectivity index (χ3n) is 4.79. The highest BCUT2D eigenvalue weighted by Crippen LogP contribution is 2.23. The van der Waals surface area contributed by atoms with Crippen molar-refractivity contribution in [1.29, 1.82) is 0 Å². The van der Waals surface area contributed by atoms with Crippen molar-refractivity contribution in [2.24, 2.45) is 5.92 Å². The molecule has 2 N–H and O–H groups in total. The zero-order valence-corrected chi connectivity index (χ0v) is 14.7. The maximum absolute atomic E-state index is 12.5. The van der Waals surface area contributed by atoms with Gasteiger partial charge in [-0.25, -0.2) is 0 Å². The van der Waals surface area contributed by atoms with Crippen molar-refractivity contribution < 1.29 is 14.6 Å². The number of carbonyl (C=O) groups is 1. The number of para-hydroxylation sites is 1. The lowest BCUT2D eigenvalue weighted by Gasteiger charge is -2.16. The number of nitrogens with zero attached hydrogens (tertiary/aromatic N) is 2. The SMILES string of the molecule is COc1ccccc1CCC(=O)N1C[C@@H](Cc2cc(C)[nH]n2)[C@@H](O)C1. The van der Waals surface area contributed by atoms with Crippen molar-refractivity contribution in [2.75, 3.05) is 20.2 Å². The van der Waals surface area contributed by atoms with Crippen LogP contribution in [-0.4, -0.2) is 52.4 Å². The van der Waals surface area contributed by atoms with Crippen molar-refractivity contribution in [2.45, 2.75) is 32.3 Å². The lowest BCUT2D eigenvalue weighted by molar-refractivity contribution is -0.130. The first-order valence-electron chi connectivity index (χ1n) is 8.65. The van der Waals surface area contributed by atoms with Crippen LogP contribution in [0.4, 0.5) is 0 Å². The number of rotatable bonds is 6. The fraction of sp³-hybridized carbons (Fsp3) is 0.474. The molecular formula is C19H25N3O3. The lowest BCUT2D eigenvalue weighted by atomic mass is 10.0. The standard InChI is InChI=1S/C19H25N3O3/c1-13-9-16(21-20-13)10-15-11-22(12-17(15)23)19(24)8-7-14-5-3-4-6-18(14)25-2/h3-6,9,15,17,23H,7-8,10-12H2,1-2H3,(H,20,21)/t15-,17+/m1/s1. The molecule has 1 aromatic carbocycles. The molecule has 0 radical (unpaired) electrons. The van der Waals surface area contributed by atoms with Gasteiger partial charge in [-0.05, 0) is 37.5 Å². The molecule has 25 heavy (non-hydrogen) atoms. The number of aromatic amines is 1. The molecule has 1 saturated heterocycles. The molecule has 1 aliphatic heterocycles. The molecule has 2 atom stereocenters. The highest BCUT2D eigenvalue weighted by molar-refractivity contribution is 5.77. The smallest absolute Gasteiger partial charge is 0.223 e. The van der Waals surface area contributed by atoms with Crippen molar-refractivity contribution in [1.82, 2.24) is 15.1 Å². The number of nitrogens with one attached hydrogen (secondary N) is 1. The summed E-state index contributed by atoms with van der Waals surface area (Å²) in [5.74, 6) is 0.923. The van der Waals surface area contributed by atoms with Gasteiger partial charge in [0.05, 0.1) is 18.9 Å². The monoisotopic (exact) mass is 343 g/mol. The van der Waals surface area contributed by atoms with Crippen LogP contribution in [0.15, 0.2) is 30.3 Å². The number of likely N-dealkylation sites (tertiary alicyclic amines) is 1. The Morgan fingerprint density at radius 2 is 2.20 bits per heavy atom. The summed E-state index contributed by atoms with van der Waals surface area (Å²) in [6.45, 7) is 2.94. The Labute approximate surface area is 147 Å². The van der Waals surface area contributed by atoms with Crippen molar-refractivity contribution >= 4 is 5.91 Å². The van der Waals surface area contributed by atoms with E-state index in [0.717, 1.165) is 22.7 Å². The third-order valence-corrected chi connectivity index (χ3v) is 4.79. The van der Waals surface area contributed by atoms with Gasteiger partial charge >= 0.3 is 0 Å². The van der Waals surface area contributed by atoms with Gasteiger partial charge in [-0.1, -0.05) is 18.2 Å². The molecule has 3 rings (SSSR count). The summed E-state index contributed by atoms with van der Waals surface area (Å²) in [6.07, 6.45) is 1.24. The molecule has 0 bridgehead atoms. The van der Waals surface area contributed by atoms with Gasteiger partial charge in [0.1, 0.15) is 5.75 Å². The van der Waals surface area contributed by atoms with Crippen LogP contribution < -0.4 is 4.74 Å². The van der Waals surface area contributed by atoms with Crippen molar-refractivity contribution in [3.05, 3.63) is 47.3 Å². The van der Waals surface area contributed by atoms with Crippen molar-refractivity contribution in [3.63, 3.8) is 0 Å². The molecule has 2 heterocycles.